The van der Waals surface area contributed by atoms with Gasteiger partial charge in [0.1, 0.15) is 5.69 Å². The fourth-order valence-electron chi connectivity index (χ4n) is 3.12. The Morgan fingerprint density at radius 1 is 1.08 bits per heavy atom. The number of carbonyl (C=O) groups is 1. The fourth-order valence-corrected chi connectivity index (χ4v) is 3.12. The first-order valence-corrected chi connectivity index (χ1v) is 8.91. The van der Waals surface area contributed by atoms with Gasteiger partial charge in [-0.05, 0) is 49.1 Å². The average Bonchev–Trinajstić information content (AvgIpc) is 2.72. The van der Waals surface area contributed by atoms with Crippen molar-refractivity contribution in [3.8, 4) is 11.5 Å². The van der Waals surface area contributed by atoms with E-state index in [1.165, 1.54) is 19.3 Å². The summed E-state index contributed by atoms with van der Waals surface area (Å²) in [6, 6.07) is 9.34. The highest BCUT2D eigenvalue weighted by atomic mass is 16.5. The Labute approximate surface area is 154 Å². The highest BCUT2D eigenvalue weighted by Crippen LogP contribution is 2.27. The number of anilines is 1. The van der Waals surface area contributed by atoms with Gasteiger partial charge < -0.3 is 19.7 Å². The van der Waals surface area contributed by atoms with Gasteiger partial charge in [0.25, 0.3) is 5.91 Å². The Bertz CT molecular complexity index is 740. The number of rotatable bonds is 6. The molecule has 2 heterocycles. The Morgan fingerprint density at radius 2 is 1.85 bits per heavy atom. The summed E-state index contributed by atoms with van der Waals surface area (Å²) in [6.07, 6.45) is 5.51. The number of piperidine rings is 1. The largest absolute Gasteiger partial charge is 0.493 e. The monoisotopic (exact) mass is 355 g/mol. The smallest absolute Gasteiger partial charge is 0.270 e. The molecule has 1 N–H and O–H groups in total. The Kier molecular flexibility index (Phi) is 5.94. The van der Waals surface area contributed by atoms with Crippen LogP contribution in [0.25, 0.3) is 0 Å². The summed E-state index contributed by atoms with van der Waals surface area (Å²) in [5, 5.41) is 2.89. The van der Waals surface area contributed by atoms with Crippen LogP contribution >= 0.6 is 0 Å². The Hall–Kier alpha value is -2.76. The zero-order chi connectivity index (χ0) is 18.4. The molecule has 0 aliphatic carbocycles. The van der Waals surface area contributed by atoms with E-state index in [1.54, 1.807) is 26.5 Å². The van der Waals surface area contributed by atoms with Crippen LogP contribution in [0.2, 0.25) is 0 Å². The van der Waals surface area contributed by atoms with Crippen molar-refractivity contribution >= 4 is 11.6 Å². The molecular weight excluding hydrogens is 330 g/mol. The second kappa shape index (κ2) is 8.56. The van der Waals surface area contributed by atoms with Crippen LogP contribution < -0.4 is 19.7 Å². The summed E-state index contributed by atoms with van der Waals surface area (Å²) < 4.78 is 10.5. The standard InChI is InChI=1S/C20H25N3O3/c1-25-18-9-6-15(12-19(18)26-2)13-22-20(24)17-8-7-16(14-21-17)23-10-4-3-5-11-23/h6-9,12,14H,3-5,10-11,13H2,1-2H3,(H,22,24). The Morgan fingerprint density at radius 3 is 2.50 bits per heavy atom. The third-order valence-electron chi connectivity index (χ3n) is 4.60. The number of methoxy groups -OCH3 is 2. The van der Waals surface area contributed by atoms with Crippen molar-refractivity contribution in [3.63, 3.8) is 0 Å². The minimum Gasteiger partial charge on any atom is -0.493 e. The first kappa shape index (κ1) is 18.0. The molecule has 6 nitrogen and oxygen atoms in total. The molecule has 1 aromatic heterocycles. The number of amides is 1. The normalized spacial score (nSPS) is 14.0. The van der Waals surface area contributed by atoms with Crippen LogP contribution in [-0.2, 0) is 6.54 Å². The van der Waals surface area contributed by atoms with Crippen LogP contribution in [0.3, 0.4) is 0 Å². The van der Waals surface area contributed by atoms with Gasteiger partial charge in [0, 0.05) is 19.6 Å². The number of carbonyl (C=O) groups excluding carboxylic acids is 1. The van der Waals surface area contributed by atoms with Gasteiger partial charge in [-0.15, -0.1) is 0 Å². The molecule has 1 amide bonds. The maximum atomic E-state index is 12.3. The quantitative estimate of drug-likeness (QED) is 0.863. The highest BCUT2D eigenvalue weighted by molar-refractivity contribution is 5.92. The first-order valence-electron chi connectivity index (χ1n) is 8.91. The molecule has 0 atom stereocenters. The van der Waals surface area contributed by atoms with Gasteiger partial charge in [-0.2, -0.15) is 0 Å². The summed E-state index contributed by atoms with van der Waals surface area (Å²) in [5.41, 5.74) is 2.44. The third-order valence-corrected chi connectivity index (χ3v) is 4.60. The van der Waals surface area contributed by atoms with Crippen molar-refractivity contribution < 1.29 is 14.3 Å². The molecule has 6 heteroatoms. The molecule has 1 aromatic carbocycles. The second-order valence-corrected chi connectivity index (χ2v) is 6.32. The van der Waals surface area contributed by atoms with E-state index in [2.05, 4.69) is 15.2 Å². The van der Waals surface area contributed by atoms with E-state index >= 15 is 0 Å². The number of ether oxygens (including phenoxy) is 2. The lowest BCUT2D eigenvalue weighted by atomic mass is 10.1. The van der Waals surface area contributed by atoms with E-state index in [4.69, 9.17) is 9.47 Å². The van der Waals surface area contributed by atoms with Crippen molar-refractivity contribution in [3.05, 3.63) is 47.8 Å². The molecule has 26 heavy (non-hydrogen) atoms. The molecule has 0 radical (unpaired) electrons. The van der Waals surface area contributed by atoms with Crippen molar-refractivity contribution in [2.24, 2.45) is 0 Å². The number of nitrogens with zero attached hydrogens (tertiary/aromatic N) is 2. The number of hydrogen-bond donors (Lipinski definition) is 1. The van der Waals surface area contributed by atoms with Gasteiger partial charge >= 0.3 is 0 Å². The van der Waals surface area contributed by atoms with E-state index in [1.807, 2.05) is 24.3 Å². The summed E-state index contributed by atoms with van der Waals surface area (Å²) >= 11 is 0. The lowest BCUT2D eigenvalue weighted by molar-refractivity contribution is 0.0946. The van der Waals surface area contributed by atoms with Gasteiger partial charge in [0.2, 0.25) is 0 Å². The zero-order valence-corrected chi connectivity index (χ0v) is 15.3. The predicted molar refractivity (Wildman–Crippen MR) is 101 cm³/mol. The van der Waals surface area contributed by atoms with Crippen LogP contribution in [-0.4, -0.2) is 38.2 Å². The lowest BCUT2D eigenvalue weighted by Crippen LogP contribution is -2.29. The highest BCUT2D eigenvalue weighted by Gasteiger charge is 2.13. The molecule has 1 aliphatic heterocycles. The summed E-state index contributed by atoms with van der Waals surface area (Å²) in [5.74, 6) is 1.12. The van der Waals surface area contributed by atoms with Gasteiger partial charge in [-0.1, -0.05) is 6.07 Å². The molecule has 3 rings (SSSR count). The molecular formula is C20H25N3O3. The number of nitrogens with one attached hydrogen (secondary N) is 1. The number of pyridine rings is 1. The van der Waals surface area contributed by atoms with E-state index in [0.29, 0.717) is 23.7 Å². The molecule has 0 unspecified atom stereocenters. The molecule has 1 aliphatic rings. The van der Waals surface area contributed by atoms with Crippen LogP contribution in [0.15, 0.2) is 36.5 Å². The molecule has 1 saturated heterocycles. The van der Waals surface area contributed by atoms with E-state index in [0.717, 1.165) is 24.3 Å². The predicted octanol–water partition coefficient (Wildman–Crippen LogP) is 3.02. The molecule has 0 saturated carbocycles. The summed E-state index contributed by atoms with van der Waals surface area (Å²) in [7, 11) is 3.19. The van der Waals surface area contributed by atoms with Crippen LogP contribution in [0.1, 0.15) is 35.3 Å². The van der Waals surface area contributed by atoms with Crippen molar-refractivity contribution in [2.75, 3.05) is 32.2 Å². The topological polar surface area (TPSA) is 63.7 Å². The van der Waals surface area contributed by atoms with Crippen molar-refractivity contribution in [1.82, 2.24) is 10.3 Å². The van der Waals surface area contributed by atoms with E-state index in [9.17, 15) is 4.79 Å². The van der Waals surface area contributed by atoms with Crippen LogP contribution in [0.5, 0.6) is 11.5 Å². The number of hydrogen-bond acceptors (Lipinski definition) is 5. The van der Waals surface area contributed by atoms with Crippen molar-refractivity contribution in [2.45, 2.75) is 25.8 Å². The van der Waals surface area contributed by atoms with Crippen molar-refractivity contribution in [1.29, 1.82) is 0 Å². The van der Waals surface area contributed by atoms with Gasteiger partial charge in [-0.25, -0.2) is 4.98 Å². The molecule has 2 aromatic rings. The minimum atomic E-state index is -0.190. The zero-order valence-electron chi connectivity index (χ0n) is 15.3. The maximum Gasteiger partial charge on any atom is 0.270 e. The van der Waals surface area contributed by atoms with E-state index < -0.39 is 0 Å². The fraction of sp³-hybridized carbons (Fsp3) is 0.400. The Balaban J connectivity index is 1.59. The SMILES string of the molecule is COc1ccc(CNC(=O)c2ccc(N3CCCCC3)cn2)cc1OC. The molecule has 138 valence electrons. The summed E-state index contributed by atoms with van der Waals surface area (Å²) in [6.45, 7) is 2.52. The minimum absolute atomic E-state index is 0.190. The number of aromatic nitrogens is 1. The maximum absolute atomic E-state index is 12.3. The average molecular weight is 355 g/mol. The molecule has 0 bridgehead atoms. The first-order chi connectivity index (χ1) is 12.7. The third kappa shape index (κ3) is 4.25. The number of benzene rings is 1. The summed E-state index contributed by atoms with van der Waals surface area (Å²) in [4.78, 5) is 19.0. The van der Waals surface area contributed by atoms with Gasteiger partial charge in [0.05, 0.1) is 26.1 Å². The van der Waals surface area contributed by atoms with Gasteiger partial charge in [-0.3, -0.25) is 4.79 Å². The molecule has 0 spiro atoms. The van der Waals surface area contributed by atoms with Gasteiger partial charge in [0.15, 0.2) is 11.5 Å². The molecule has 1 fully saturated rings. The second-order valence-electron chi connectivity index (χ2n) is 6.32. The van der Waals surface area contributed by atoms with Crippen LogP contribution in [0.4, 0.5) is 5.69 Å². The lowest BCUT2D eigenvalue weighted by Gasteiger charge is -2.28. The van der Waals surface area contributed by atoms with Crippen LogP contribution in [0, 0.1) is 0 Å². The van der Waals surface area contributed by atoms with E-state index in [-0.39, 0.29) is 5.91 Å².